The molecule has 0 atom stereocenters. The Hall–Kier alpha value is -3.02. The van der Waals surface area contributed by atoms with E-state index in [9.17, 15) is 9.59 Å². The number of amides is 2. The number of piperazine rings is 1. The predicted octanol–water partition coefficient (Wildman–Crippen LogP) is 1.81. The largest absolute Gasteiger partial charge is 0.497 e. The van der Waals surface area contributed by atoms with Gasteiger partial charge in [0.05, 0.1) is 20.1 Å². The van der Waals surface area contributed by atoms with E-state index in [4.69, 9.17) is 4.74 Å². The summed E-state index contributed by atoms with van der Waals surface area (Å²) in [7, 11) is 1.61. The molecule has 0 aliphatic carbocycles. The highest BCUT2D eigenvalue weighted by Crippen LogP contribution is 2.19. The smallest absolute Gasteiger partial charge is 0.239 e. The molecule has 25 heavy (non-hydrogen) atoms. The average Bonchev–Trinajstić information content (AvgIpc) is 2.63. The number of anilines is 2. The monoisotopic (exact) mass is 339 g/mol. The minimum atomic E-state index is -0.0738. The number of rotatable bonds is 5. The fraction of sp³-hybridized carbons (Fsp3) is 0.263. The summed E-state index contributed by atoms with van der Waals surface area (Å²) in [6.07, 6.45) is 0.304. The summed E-state index contributed by atoms with van der Waals surface area (Å²) in [6.45, 7) is 1.80. The molecule has 0 aromatic heterocycles. The molecule has 1 saturated heterocycles. The van der Waals surface area contributed by atoms with Crippen LogP contribution in [0, 0.1) is 0 Å². The van der Waals surface area contributed by atoms with Crippen LogP contribution in [0.5, 0.6) is 5.75 Å². The molecule has 1 aliphatic rings. The zero-order valence-electron chi connectivity index (χ0n) is 14.1. The van der Waals surface area contributed by atoms with Crippen molar-refractivity contribution in [3.8, 4) is 5.75 Å². The molecule has 0 bridgehead atoms. The van der Waals surface area contributed by atoms with Gasteiger partial charge in [-0.25, -0.2) is 0 Å². The van der Waals surface area contributed by atoms with Crippen molar-refractivity contribution in [2.24, 2.45) is 0 Å². The Morgan fingerprint density at radius 3 is 2.52 bits per heavy atom. The van der Waals surface area contributed by atoms with Gasteiger partial charge >= 0.3 is 0 Å². The molecule has 2 aromatic rings. The first-order valence-electron chi connectivity index (χ1n) is 8.18. The number of nitrogens with one attached hydrogen (secondary N) is 2. The first-order valence-corrected chi connectivity index (χ1v) is 8.18. The molecule has 6 nitrogen and oxygen atoms in total. The van der Waals surface area contributed by atoms with Crippen LogP contribution in [-0.2, 0) is 16.0 Å². The topological polar surface area (TPSA) is 70.7 Å². The van der Waals surface area contributed by atoms with Gasteiger partial charge in [-0.05, 0) is 42.0 Å². The van der Waals surface area contributed by atoms with E-state index in [0.29, 0.717) is 19.5 Å². The molecule has 2 N–H and O–H groups in total. The number of hydrogen-bond acceptors (Lipinski definition) is 4. The number of nitrogens with zero attached hydrogens (tertiary/aromatic N) is 1. The Labute approximate surface area is 146 Å². The van der Waals surface area contributed by atoms with Crippen molar-refractivity contribution >= 4 is 23.2 Å². The van der Waals surface area contributed by atoms with E-state index in [2.05, 4.69) is 10.6 Å². The summed E-state index contributed by atoms with van der Waals surface area (Å²) in [5, 5.41) is 5.69. The van der Waals surface area contributed by atoms with Crippen LogP contribution in [0.25, 0.3) is 0 Å². The van der Waals surface area contributed by atoms with Gasteiger partial charge in [-0.3, -0.25) is 9.59 Å². The fourth-order valence-corrected chi connectivity index (χ4v) is 2.75. The highest BCUT2D eigenvalue weighted by molar-refractivity contribution is 5.92. The zero-order chi connectivity index (χ0) is 17.6. The maximum absolute atomic E-state index is 12.2. The van der Waals surface area contributed by atoms with Crippen molar-refractivity contribution in [3.63, 3.8) is 0 Å². The van der Waals surface area contributed by atoms with Crippen LogP contribution in [0.1, 0.15) is 5.56 Å². The molecule has 0 unspecified atom stereocenters. The maximum Gasteiger partial charge on any atom is 0.239 e. The number of benzene rings is 2. The lowest BCUT2D eigenvalue weighted by Gasteiger charge is -2.28. The standard InChI is InChI=1S/C19H21N3O3/c1-25-17-8-2-14(3-9-17)12-18(23)21-15-4-6-16(7-5-15)22-11-10-20-19(24)13-22/h2-9H,10-13H2,1H3,(H,20,24)(H,21,23). The molecule has 1 aliphatic heterocycles. The fourth-order valence-electron chi connectivity index (χ4n) is 2.75. The Balaban J connectivity index is 1.56. The van der Waals surface area contributed by atoms with Crippen molar-refractivity contribution in [1.82, 2.24) is 5.32 Å². The Morgan fingerprint density at radius 1 is 1.16 bits per heavy atom. The number of ether oxygens (including phenoxy) is 1. The summed E-state index contributed by atoms with van der Waals surface area (Å²) in [5.74, 6) is 0.726. The summed E-state index contributed by atoms with van der Waals surface area (Å²) in [4.78, 5) is 25.6. The highest BCUT2D eigenvalue weighted by Gasteiger charge is 2.16. The second-order valence-corrected chi connectivity index (χ2v) is 5.89. The minimum Gasteiger partial charge on any atom is -0.497 e. The SMILES string of the molecule is COc1ccc(CC(=O)Nc2ccc(N3CCNC(=O)C3)cc2)cc1. The van der Waals surface area contributed by atoms with Gasteiger partial charge in [0.2, 0.25) is 11.8 Å². The van der Waals surface area contributed by atoms with Crippen LogP contribution >= 0.6 is 0 Å². The first-order chi connectivity index (χ1) is 12.1. The van der Waals surface area contributed by atoms with Gasteiger partial charge in [0, 0.05) is 24.5 Å². The molecule has 2 aromatic carbocycles. The molecule has 6 heteroatoms. The van der Waals surface area contributed by atoms with Gasteiger partial charge in [-0.1, -0.05) is 12.1 Å². The second kappa shape index (κ2) is 7.70. The number of carbonyl (C=O) groups is 2. The van der Waals surface area contributed by atoms with E-state index in [1.807, 2.05) is 53.4 Å². The highest BCUT2D eigenvalue weighted by atomic mass is 16.5. The van der Waals surface area contributed by atoms with Gasteiger partial charge in [0.25, 0.3) is 0 Å². The summed E-state index contributed by atoms with van der Waals surface area (Å²) >= 11 is 0. The summed E-state index contributed by atoms with van der Waals surface area (Å²) < 4.78 is 5.11. The third kappa shape index (κ3) is 4.50. The molecule has 0 radical (unpaired) electrons. The zero-order valence-corrected chi connectivity index (χ0v) is 14.1. The third-order valence-corrected chi connectivity index (χ3v) is 4.08. The van der Waals surface area contributed by atoms with Crippen molar-refractivity contribution in [2.75, 3.05) is 37.0 Å². The van der Waals surface area contributed by atoms with E-state index in [1.54, 1.807) is 7.11 Å². The average molecular weight is 339 g/mol. The quantitative estimate of drug-likeness (QED) is 0.872. The Kier molecular flexibility index (Phi) is 5.18. The molecular formula is C19H21N3O3. The molecule has 0 saturated carbocycles. The predicted molar refractivity (Wildman–Crippen MR) is 97.0 cm³/mol. The van der Waals surface area contributed by atoms with E-state index >= 15 is 0 Å². The lowest BCUT2D eigenvalue weighted by Crippen LogP contribution is -2.47. The normalized spacial score (nSPS) is 14.0. The van der Waals surface area contributed by atoms with E-state index < -0.39 is 0 Å². The van der Waals surface area contributed by atoms with Crippen LogP contribution in [0.4, 0.5) is 11.4 Å². The van der Waals surface area contributed by atoms with Crippen molar-refractivity contribution < 1.29 is 14.3 Å². The first kappa shape index (κ1) is 16.8. The molecule has 2 amide bonds. The molecule has 3 rings (SSSR count). The minimum absolute atomic E-state index is 0.0307. The lowest BCUT2D eigenvalue weighted by atomic mass is 10.1. The summed E-state index contributed by atoms with van der Waals surface area (Å²) in [6, 6.07) is 15.0. The Bertz CT molecular complexity index is 742. The number of methoxy groups -OCH3 is 1. The van der Waals surface area contributed by atoms with Gasteiger partial charge in [0.1, 0.15) is 5.75 Å². The van der Waals surface area contributed by atoms with E-state index in [-0.39, 0.29) is 11.8 Å². The van der Waals surface area contributed by atoms with Gasteiger partial charge in [0.15, 0.2) is 0 Å². The van der Waals surface area contributed by atoms with Crippen LogP contribution in [0.2, 0.25) is 0 Å². The van der Waals surface area contributed by atoms with Gasteiger partial charge < -0.3 is 20.3 Å². The summed E-state index contributed by atoms with van der Waals surface area (Å²) in [5.41, 5.74) is 2.64. The molecule has 1 heterocycles. The molecule has 0 spiro atoms. The van der Waals surface area contributed by atoms with Crippen molar-refractivity contribution in [2.45, 2.75) is 6.42 Å². The van der Waals surface area contributed by atoms with Crippen LogP contribution < -0.4 is 20.3 Å². The lowest BCUT2D eigenvalue weighted by molar-refractivity contribution is -0.120. The van der Waals surface area contributed by atoms with Crippen molar-refractivity contribution in [3.05, 3.63) is 54.1 Å². The second-order valence-electron chi connectivity index (χ2n) is 5.89. The molecular weight excluding hydrogens is 318 g/mol. The molecule has 1 fully saturated rings. The number of carbonyl (C=O) groups excluding carboxylic acids is 2. The van der Waals surface area contributed by atoms with Crippen molar-refractivity contribution in [1.29, 1.82) is 0 Å². The van der Waals surface area contributed by atoms with Gasteiger partial charge in [-0.15, -0.1) is 0 Å². The molecule has 130 valence electrons. The van der Waals surface area contributed by atoms with Crippen LogP contribution in [0.3, 0.4) is 0 Å². The number of hydrogen-bond donors (Lipinski definition) is 2. The van der Waals surface area contributed by atoms with E-state index in [0.717, 1.165) is 29.2 Å². The van der Waals surface area contributed by atoms with Crippen LogP contribution in [-0.4, -0.2) is 38.6 Å². The van der Waals surface area contributed by atoms with Gasteiger partial charge in [-0.2, -0.15) is 0 Å². The third-order valence-electron chi connectivity index (χ3n) is 4.08. The van der Waals surface area contributed by atoms with E-state index in [1.165, 1.54) is 0 Å². The van der Waals surface area contributed by atoms with Crippen LogP contribution in [0.15, 0.2) is 48.5 Å². The maximum atomic E-state index is 12.2. The Morgan fingerprint density at radius 2 is 1.88 bits per heavy atom.